The highest BCUT2D eigenvalue weighted by atomic mass is 79.9. The third kappa shape index (κ3) is 4.85. The number of hydrazone groups is 1. The number of amides is 2. The van der Waals surface area contributed by atoms with Gasteiger partial charge in [0.25, 0.3) is 11.8 Å². The lowest BCUT2D eigenvalue weighted by Crippen LogP contribution is -2.21. The highest BCUT2D eigenvalue weighted by Gasteiger charge is 2.16. The van der Waals surface area contributed by atoms with Gasteiger partial charge in [0.2, 0.25) is 5.76 Å². The van der Waals surface area contributed by atoms with Crippen LogP contribution in [-0.2, 0) is 0 Å². The van der Waals surface area contributed by atoms with Crippen LogP contribution in [0.4, 0.5) is 10.1 Å². The molecule has 0 saturated carbocycles. The minimum Gasteiger partial charge on any atom is -0.351 e. The van der Waals surface area contributed by atoms with E-state index in [-0.39, 0.29) is 17.0 Å². The van der Waals surface area contributed by atoms with Gasteiger partial charge in [0, 0.05) is 10.5 Å². The molecule has 7 nitrogen and oxygen atoms in total. The fourth-order valence-corrected chi connectivity index (χ4v) is 2.50. The van der Waals surface area contributed by atoms with Crippen molar-refractivity contribution in [3.8, 4) is 0 Å². The van der Waals surface area contributed by atoms with Gasteiger partial charge in [-0.15, -0.1) is 0 Å². The van der Waals surface area contributed by atoms with E-state index in [9.17, 15) is 14.0 Å². The number of rotatable bonds is 5. The van der Waals surface area contributed by atoms with Gasteiger partial charge in [-0.1, -0.05) is 33.2 Å². The van der Waals surface area contributed by atoms with Gasteiger partial charge < -0.3 is 9.84 Å². The van der Waals surface area contributed by atoms with Crippen molar-refractivity contribution in [3.63, 3.8) is 0 Å². The predicted molar refractivity (Wildman–Crippen MR) is 100 cm³/mol. The third-order valence-corrected chi connectivity index (χ3v) is 3.86. The summed E-state index contributed by atoms with van der Waals surface area (Å²) in [4.78, 5) is 24.5. The van der Waals surface area contributed by atoms with E-state index < -0.39 is 17.6 Å². The Morgan fingerprint density at radius 1 is 1.15 bits per heavy atom. The number of hydrogen-bond acceptors (Lipinski definition) is 5. The van der Waals surface area contributed by atoms with E-state index in [1.165, 1.54) is 42.7 Å². The molecule has 3 rings (SSSR count). The van der Waals surface area contributed by atoms with Crippen LogP contribution in [0, 0.1) is 5.82 Å². The zero-order chi connectivity index (χ0) is 19.2. The van der Waals surface area contributed by atoms with Gasteiger partial charge in [-0.2, -0.15) is 5.10 Å². The molecule has 136 valence electrons. The maximum atomic E-state index is 13.1. The van der Waals surface area contributed by atoms with Crippen LogP contribution in [0.2, 0.25) is 0 Å². The number of nitrogens with zero attached hydrogens (tertiary/aromatic N) is 2. The maximum absolute atomic E-state index is 13.1. The zero-order valence-electron chi connectivity index (χ0n) is 13.6. The highest BCUT2D eigenvalue weighted by Crippen LogP contribution is 2.22. The van der Waals surface area contributed by atoms with Gasteiger partial charge in [0.15, 0.2) is 0 Å². The van der Waals surface area contributed by atoms with Crippen LogP contribution in [0.1, 0.15) is 26.5 Å². The molecule has 0 aliphatic carbocycles. The van der Waals surface area contributed by atoms with E-state index in [1.54, 1.807) is 18.2 Å². The topological polar surface area (TPSA) is 96.6 Å². The summed E-state index contributed by atoms with van der Waals surface area (Å²) in [6.45, 7) is 0. The molecule has 0 saturated heterocycles. The molecule has 9 heteroatoms. The van der Waals surface area contributed by atoms with E-state index in [1.807, 2.05) is 0 Å². The number of hydrogen-bond donors (Lipinski definition) is 2. The molecule has 2 aromatic carbocycles. The first kappa shape index (κ1) is 18.5. The normalized spacial score (nSPS) is 10.7. The van der Waals surface area contributed by atoms with Crippen molar-refractivity contribution >= 4 is 39.6 Å². The quantitative estimate of drug-likeness (QED) is 0.477. The molecule has 0 radical (unpaired) electrons. The van der Waals surface area contributed by atoms with Crippen molar-refractivity contribution in [2.45, 2.75) is 0 Å². The first-order chi connectivity index (χ1) is 13.0. The number of carbonyl (C=O) groups excluding carboxylic acids is 2. The molecule has 1 aromatic heterocycles. The van der Waals surface area contributed by atoms with Gasteiger partial charge >= 0.3 is 0 Å². The lowest BCUT2D eigenvalue weighted by Gasteiger charge is -2.09. The third-order valence-electron chi connectivity index (χ3n) is 3.36. The highest BCUT2D eigenvalue weighted by molar-refractivity contribution is 9.10. The molecule has 0 aliphatic heterocycles. The second-order valence-corrected chi connectivity index (χ2v) is 6.19. The van der Waals surface area contributed by atoms with Crippen LogP contribution in [-0.4, -0.2) is 23.2 Å². The van der Waals surface area contributed by atoms with E-state index in [0.29, 0.717) is 10.0 Å². The Hall–Kier alpha value is -3.33. The summed E-state index contributed by atoms with van der Waals surface area (Å²) in [5.41, 5.74) is 3.27. The van der Waals surface area contributed by atoms with Gasteiger partial charge in [-0.05, 0) is 35.9 Å². The van der Waals surface area contributed by atoms with Crippen molar-refractivity contribution in [3.05, 3.63) is 81.9 Å². The van der Waals surface area contributed by atoms with E-state index in [4.69, 9.17) is 4.52 Å². The Bertz CT molecular complexity index is 1010. The maximum Gasteiger partial charge on any atom is 0.294 e. The van der Waals surface area contributed by atoms with Crippen LogP contribution >= 0.6 is 15.9 Å². The Morgan fingerprint density at radius 3 is 2.74 bits per heavy atom. The number of aromatic nitrogens is 1. The van der Waals surface area contributed by atoms with Crippen LogP contribution in [0.25, 0.3) is 0 Å². The second kappa shape index (κ2) is 8.37. The van der Waals surface area contributed by atoms with Crippen molar-refractivity contribution in [1.82, 2.24) is 10.6 Å². The minimum atomic E-state index is -0.558. The lowest BCUT2D eigenvalue weighted by molar-refractivity contribution is 0.0956. The Balaban J connectivity index is 1.75. The average molecular weight is 431 g/mol. The molecule has 0 fully saturated rings. The number of anilines is 1. The van der Waals surface area contributed by atoms with E-state index >= 15 is 0 Å². The second-order valence-electron chi connectivity index (χ2n) is 5.27. The van der Waals surface area contributed by atoms with Gasteiger partial charge in [-0.3, -0.25) is 9.59 Å². The van der Waals surface area contributed by atoms with Gasteiger partial charge in [0.05, 0.1) is 23.7 Å². The van der Waals surface area contributed by atoms with Crippen LogP contribution in [0.5, 0.6) is 0 Å². The summed E-state index contributed by atoms with van der Waals surface area (Å²) in [7, 11) is 0. The fraction of sp³-hybridized carbons (Fsp3) is 0. The lowest BCUT2D eigenvalue weighted by atomic mass is 10.1. The molecule has 2 N–H and O–H groups in total. The molecule has 3 aromatic rings. The molecule has 1 heterocycles. The monoisotopic (exact) mass is 430 g/mol. The summed E-state index contributed by atoms with van der Waals surface area (Å²) >= 11 is 3.28. The van der Waals surface area contributed by atoms with Gasteiger partial charge in [-0.25, -0.2) is 9.82 Å². The predicted octanol–water partition coefficient (Wildman–Crippen LogP) is 3.59. The standard InChI is InChI=1S/C18H12BrFN4O3/c19-12-4-5-15(23-18(26)16-6-7-22-27-16)14(9-12)17(25)24-21-10-11-2-1-3-13(20)8-11/h1-10H,(H,23,26)(H,24,25). The van der Waals surface area contributed by atoms with Crippen LogP contribution in [0.15, 0.2) is 68.8 Å². The summed E-state index contributed by atoms with van der Waals surface area (Å²) < 4.78 is 18.6. The largest absolute Gasteiger partial charge is 0.351 e. The fourth-order valence-electron chi connectivity index (χ4n) is 2.14. The van der Waals surface area contributed by atoms with Crippen molar-refractivity contribution in [2.24, 2.45) is 5.10 Å². The SMILES string of the molecule is O=C(Nc1ccc(Br)cc1C(=O)NN=Cc1cccc(F)c1)c1ccno1. The first-order valence-corrected chi connectivity index (χ1v) is 8.43. The Morgan fingerprint density at radius 2 is 2.00 bits per heavy atom. The molecule has 0 spiro atoms. The molecule has 0 bridgehead atoms. The molecular formula is C18H12BrFN4O3. The molecule has 0 aliphatic rings. The van der Waals surface area contributed by atoms with Crippen molar-refractivity contribution in [2.75, 3.05) is 5.32 Å². The zero-order valence-corrected chi connectivity index (χ0v) is 15.2. The van der Waals surface area contributed by atoms with E-state index in [0.717, 1.165) is 0 Å². The smallest absolute Gasteiger partial charge is 0.294 e. The summed E-state index contributed by atoms with van der Waals surface area (Å²) in [6, 6.07) is 11.9. The molecule has 0 unspecified atom stereocenters. The Labute approximate surface area is 161 Å². The van der Waals surface area contributed by atoms with Crippen molar-refractivity contribution in [1.29, 1.82) is 0 Å². The number of nitrogens with one attached hydrogen (secondary N) is 2. The first-order valence-electron chi connectivity index (χ1n) is 7.63. The summed E-state index contributed by atoms with van der Waals surface area (Å²) in [5, 5.41) is 9.86. The number of halogens is 2. The molecule has 27 heavy (non-hydrogen) atoms. The van der Waals surface area contributed by atoms with Crippen LogP contribution in [0.3, 0.4) is 0 Å². The number of carbonyl (C=O) groups is 2. The molecule has 0 atom stereocenters. The Kier molecular flexibility index (Phi) is 5.72. The summed E-state index contributed by atoms with van der Waals surface area (Å²) in [6.07, 6.45) is 2.65. The number of benzene rings is 2. The van der Waals surface area contributed by atoms with Crippen molar-refractivity contribution < 1.29 is 18.5 Å². The van der Waals surface area contributed by atoms with E-state index in [2.05, 4.69) is 36.9 Å². The summed E-state index contributed by atoms with van der Waals surface area (Å²) in [5.74, 6) is -1.51. The molecular weight excluding hydrogens is 419 g/mol. The van der Waals surface area contributed by atoms with Gasteiger partial charge in [0.1, 0.15) is 5.82 Å². The molecule has 2 amide bonds. The average Bonchev–Trinajstić information content (AvgIpc) is 3.18. The van der Waals surface area contributed by atoms with Crippen LogP contribution < -0.4 is 10.7 Å². The minimum absolute atomic E-state index is 0.00778.